The van der Waals surface area contributed by atoms with Crippen molar-refractivity contribution in [2.24, 2.45) is 0 Å². The van der Waals surface area contributed by atoms with Gasteiger partial charge >= 0.3 is 12.2 Å². The highest BCUT2D eigenvalue weighted by atomic mass is 35.5. The number of carbonyl (C=O) groups excluding carboxylic acids is 1. The molecule has 3 nitrogen and oxygen atoms in total. The minimum Gasteiger partial charge on any atom is -0.323 e. The van der Waals surface area contributed by atoms with E-state index in [4.69, 9.17) is 11.6 Å². The molecule has 0 aliphatic rings. The van der Waals surface area contributed by atoms with Crippen LogP contribution in [0, 0.1) is 5.82 Å². The summed E-state index contributed by atoms with van der Waals surface area (Å²) in [5, 5.41) is 2.62. The lowest BCUT2D eigenvalue weighted by molar-refractivity contribution is -0.137. The number of amides is 2. The summed E-state index contributed by atoms with van der Waals surface area (Å²) >= 11 is 5.89. The number of hydrogen-bond acceptors (Lipinski definition) is 1. The summed E-state index contributed by atoms with van der Waals surface area (Å²) in [5.74, 6) is -0.545. The van der Waals surface area contributed by atoms with Crippen LogP contribution < -0.4 is 5.32 Å². The second-order valence-corrected chi connectivity index (χ2v) is 5.47. The predicted molar refractivity (Wildman–Crippen MR) is 83.3 cm³/mol. The van der Waals surface area contributed by atoms with Crippen LogP contribution in [-0.4, -0.2) is 18.0 Å². The number of carbonyl (C=O) groups is 1. The van der Waals surface area contributed by atoms with Crippen molar-refractivity contribution in [2.75, 3.05) is 12.4 Å². The number of nitrogens with zero attached hydrogens (tertiary/aromatic N) is 1. The SMILES string of the molecule is CN(Cc1c(F)cccc1Cl)C(=O)Nc1ccc(C(F)(F)F)cc1. The normalized spacial score (nSPS) is 11.2. The van der Waals surface area contributed by atoms with E-state index >= 15 is 0 Å². The molecule has 0 spiro atoms. The third-order valence-electron chi connectivity index (χ3n) is 3.27. The monoisotopic (exact) mass is 360 g/mol. The first-order valence-electron chi connectivity index (χ1n) is 6.81. The molecule has 0 bridgehead atoms. The molecule has 0 aliphatic carbocycles. The molecule has 2 aromatic carbocycles. The fraction of sp³-hybridized carbons (Fsp3) is 0.188. The van der Waals surface area contributed by atoms with Crippen LogP contribution in [0.3, 0.4) is 0 Å². The Kier molecular flexibility index (Phi) is 5.33. The molecule has 0 radical (unpaired) electrons. The minimum absolute atomic E-state index is 0.0853. The van der Waals surface area contributed by atoms with Crippen molar-refractivity contribution >= 4 is 23.3 Å². The van der Waals surface area contributed by atoms with Crippen LogP contribution in [0.4, 0.5) is 28.0 Å². The fourth-order valence-electron chi connectivity index (χ4n) is 1.95. The maximum atomic E-state index is 13.7. The van der Waals surface area contributed by atoms with Crippen molar-refractivity contribution in [3.8, 4) is 0 Å². The number of benzene rings is 2. The zero-order chi connectivity index (χ0) is 17.9. The average molecular weight is 361 g/mol. The third-order valence-corrected chi connectivity index (χ3v) is 3.62. The zero-order valence-corrected chi connectivity index (χ0v) is 13.2. The Morgan fingerprint density at radius 3 is 2.33 bits per heavy atom. The van der Waals surface area contributed by atoms with E-state index in [0.29, 0.717) is 0 Å². The largest absolute Gasteiger partial charge is 0.416 e. The molecule has 0 heterocycles. The van der Waals surface area contributed by atoms with Gasteiger partial charge in [0.15, 0.2) is 0 Å². The van der Waals surface area contributed by atoms with Crippen molar-refractivity contribution in [3.63, 3.8) is 0 Å². The van der Waals surface area contributed by atoms with Gasteiger partial charge in [0, 0.05) is 23.3 Å². The summed E-state index contributed by atoms with van der Waals surface area (Å²) in [6, 6.07) is 7.59. The van der Waals surface area contributed by atoms with Crippen molar-refractivity contribution in [2.45, 2.75) is 12.7 Å². The average Bonchev–Trinajstić information content (AvgIpc) is 2.50. The van der Waals surface area contributed by atoms with Crippen molar-refractivity contribution in [1.29, 1.82) is 0 Å². The van der Waals surface area contributed by atoms with Gasteiger partial charge < -0.3 is 10.2 Å². The zero-order valence-electron chi connectivity index (χ0n) is 12.5. The van der Waals surface area contributed by atoms with E-state index < -0.39 is 23.6 Å². The van der Waals surface area contributed by atoms with Gasteiger partial charge in [-0.15, -0.1) is 0 Å². The number of urea groups is 1. The van der Waals surface area contributed by atoms with E-state index in [9.17, 15) is 22.4 Å². The fourth-order valence-corrected chi connectivity index (χ4v) is 2.18. The van der Waals surface area contributed by atoms with Crippen LogP contribution in [0.2, 0.25) is 5.02 Å². The Hall–Kier alpha value is -2.28. The Bertz CT molecular complexity index is 712. The Morgan fingerprint density at radius 1 is 1.17 bits per heavy atom. The second-order valence-electron chi connectivity index (χ2n) is 5.06. The van der Waals surface area contributed by atoms with Crippen LogP contribution in [-0.2, 0) is 12.7 Å². The molecule has 0 aliphatic heterocycles. The molecule has 0 unspecified atom stereocenters. The van der Waals surface area contributed by atoms with E-state index in [1.165, 1.54) is 30.1 Å². The minimum atomic E-state index is -4.44. The van der Waals surface area contributed by atoms with Gasteiger partial charge in [0.1, 0.15) is 5.82 Å². The summed E-state index contributed by atoms with van der Waals surface area (Å²) in [6.45, 7) is -0.0853. The number of rotatable bonds is 3. The van der Waals surface area contributed by atoms with E-state index in [2.05, 4.69) is 5.32 Å². The molecule has 8 heteroatoms. The third kappa shape index (κ3) is 4.38. The van der Waals surface area contributed by atoms with Crippen LogP contribution in [0.1, 0.15) is 11.1 Å². The molecule has 1 N–H and O–H groups in total. The standard InChI is InChI=1S/C16H13ClF4N2O/c1-23(9-12-13(17)3-2-4-14(12)18)15(24)22-11-7-5-10(6-8-11)16(19,20)21/h2-8H,9H2,1H3,(H,22,24). The van der Waals surface area contributed by atoms with Gasteiger partial charge in [-0.3, -0.25) is 0 Å². The molecule has 0 aromatic heterocycles. The summed E-state index contributed by atoms with van der Waals surface area (Å²) < 4.78 is 51.2. The number of nitrogens with one attached hydrogen (secondary N) is 1. The lowest BCUT2D eigenvalue weighted by atomic mass is 10.2. The summed E-state index contributed by atoms with van der Waals surface area (Å²) in [5.41, 5.74) is -0.462. The number of anilines is 1. The summed E-state index contributed by atoms with van der Waals surface area (Å²) in [7, 11) is 1.42. The summed E-state index contributed by atoms with van der Waals surface area (Å²) in [6.07, 6.45) is -4.44. The maximum absolute atomic E-state index is 13.7. The van der Waals surface area contributed by atoms with E-state index in [1.807, 2.05) is 0 Å². The molecule has 0 saturated heterocycles. The lowest BCUT2D eigenvalue weighted by Gasteiger charge is -2.19. The molecule has 128 valence electrons. The van der Waals surface area contributed by atoms with Gasteiger partial charge in [0.25, 0.3) is 0 Å². The quantitative estimate of drug-likeness (QED) is 0.753. The molecule has 2 aromatic rings. The summed E-state index contributed by atoms with van der Waals surface area (Å²) in [4.78, 5) is 13.2. The maximum Gasteiger partial charge on any atom is 0.416 e. The Balaban J connectivity index is 2.04. The molecule has 2 amide bonds. The highest BCUT2D eigenvalue weighted by Gasteiger charge is 2.30. The molecular formula is C16H13ClF4N2O. The molecular weight excluding hydrogens is 348 g/mol. The topological polar surface area (TPSA) is 32.3 Å². The molecule has 2 rings (SSSR count). The van der Waals surface area contributed by atoms with Crippen molar-refractivity contribution < 1.29 is 22.4 Å². The molecule has 0 atom stereocenters. The lowest BCUT2D eigenvalue weighted by Crippen LogP contribution is -2.31. The highest BCUT2D eigenvalue weighted by Crippen LogP contribution is 2.29. The molecule has 0 fully saturated rings. The van der Waals surface area contributed by atoms with Gasteiger partial charge in [-0.2, -0.15) is 13.2 Å². The van der Waals surface area contributed by atoms with Crippen LogP contribution in [0.15, 0.2) is 42.5 Å². The smallest absolute Gasteiger partial charge is 0.323 e. The van der Waals surface area contributed by atoms with Gasteiger partial charge in [-0.1, -0.05) is 17.7 Å². The van der Waals surface area contributed by atoms with Crippen LogP contribution >= 0.6 is 11.6 Å². The second kappa shape index (κ2) is 7.09. The first kappa shape index (κ1) is 18.1. The highest BCUT2D eigenvalue weighted by molar-refractivity contribution is 6.31. The van der Waals surface area contributed by atoms with E-state index in [0.717, 1.165) is 24.3 Å². The Morgan fingerprint density at radius 2 is 1.79 bits per heavy atom. The van der Waals surface area contributed by atoms with E-state index in [-0.39, 0.29) is 22.8 Å². The van der Waals surface area contributed by atoms with Gasteiger partial charge in [0.2, 0.25) is 0 Å². The van der Waals surface area contributed by atoms with Crippen molar-refractivity contribution in [1.82, 2.24) is 4.90 Å². The number of alkyl halides is 3. The van der Waals surface area contributed by atoms with Gasteiger partial charge in [-0.05, 0) is 36.4 Å². The predicted octanol–water partition coefficient (Wildman–Crippen LogP) is 5.16. The van der Waals surface area contributed by atoms with Crippen molar-refractivity contribution in [3.05, 3.63) is 64.4 Å². The Labute approximate surface area is 140 Å². The number of hydrogen-bond donors (Lipinski definition) is 1. The van der Waals surface area contributed by atoms with Crippen LogP contribution in [0.25, 0.3) is 0 Å². The van der Waals surface area contributed by atoms with Crippen LogP contribution in [0.5, 0.6) is 0 Å². The first-order chi connectivity index (χ1) is 11.2. The van der Waals surface area contributed by atoms with Gasteiger partial charge in [0.05, 0.1) is 12.1 Å². The van der Waals surface area contributed by atoms with E-state index in [1.54, 1.807) is 0 Å². The first-order valence-corrected chi connectivity index (χ1v) is 7.18. The van der Waals surface area contributed by atoms with Gasteiger partial charge in [-0.25, -0.2) is 9.18 Å². The molecule has 24 heavy (non-hydrogen) atoms. The molecule has 0 saturated carbocycles. The number of halogens is 5.